The van der Waals surface area contributed by atoms with Gasteiger partial charge in [0, 0.05) is 29.4 Å². The van der Waals surface area contributed by atoms with Gasteiger partial charge in [-0.2, -0.15) is 12.6 Å². The molecule has 2 heterocycles. The minimum Gasteiger partial charge on any atom is -0.480 e. The zero-order valence-electron chi connectivity index (χ0n) is 20.7. The van der Waals surface area contributed by atoms with E-state index in [1.807, 2.05) is 30.5 Å². The van der Waals surface area contributed by atoms with E-state index >= 15 is 0 Å². The minimum atomic E-state index is -1.22. The van der Waals surface area contributed by atoms with Gasteiger partial charge < -0.3 is 37.1 Å². The molecular formula is C25H36N6O5S. The number of hydrogen-bond donors (Lipinski definition) is 7. The summed E-state index contributed by atoms with van der Waals surface area (Å²) in [7, 11) is 0. The van der Waals surface area contributed by atoms with Gasteiger partial charge in [-0.3, -0.25) is 14.4 Å². The Labute approximate surface area is 221 Å². The SMILES string of the molecule is NCCCCC(NC(=O)C1CCCN1C(=O)C(N)Cc1c[nH]c2ccccc12)C(=O)NC(CS)C(=O)O. The number of carbonyl (C=O) groups is 4. The van der Waals surface area contributed by atoms with Gasteiger partial charge in [-0.05, 0) is 56.7 Å². The normalized spacial score (nSPS) is 17.8. The summed E-state index contributed by atoms with van der Waals surface area (Å²) in [6, 6.07) is 4.02. The van der Waals surface area contributed by atoms with Crippen LogP contribution in [0.5, 0.6) is 0 Å². The van der Waals surface area contributed by atoms with Crippen molar-refractivity contribution in [1.82, 2.24) is 20.5 Å². The number of nitrogens with two attached hydrogens (primary N) is 2. The van der Waals surface area contributed by atoms with Gasteiger partial charge in [0.05, 0.1) is 6.04 Å². The van der Waals surface area contributed by atoms with Gasteiger partial charge in [0.2, 0.25) is 17.7 Å². The number of para-hydroxylation sites is 1. The maximum absolute atomic E-state index is 13.3. The average molecular weight is 533 g/mol. The number of carboxylic acid groups (broad SMARTS) is 1. The second kappa shape index (κ2) is 13.5. The molecule has 2 aromatic rings. The molecule has 1 fully saturated rings. The predicted octanol–water partition coefficient (Wildman–Crippen LogP) is 0.142. The van der Waals surface area contributed by atoms with Crippen LogP contribution in [-0.4, -0.2) is 81.7 Å². The van der Waals surface area contributed by atoms with Crippen molar-refractivity contribution >= 4 is 47.2 Å². The third kappa shape index (κ3) is 7.24. The molecule has 11 nitrogen and oxygen atoms in total. The Morgan fingerprint density at radius 3 is 2.62 bits per heavy atom. The Bertz CT molecular complexity index is 1110. The monoisotopic (exact) mass is 532 g/mol. The molecule has 0 bridgehead atoms. The largest absolute Gasteiger partial charge is 0.480 e. The smallest absolute Gasteiger partial charge is 0.327 e. The Morgan fingerprint density at radius 2 is 1.92 bits per heavy atom. The fourth-order valence-corrected chi connectivity index (χ4v) is 4.88. The standard InChI is InChI=1S/C25H36N6O5S/c26-10-4-3-8-19(22(32)30-20(14-37)25(35)36)29-23(33)21-9-5-11-31(21)24(34)17(27)12-15-13-28-18-7-2-1-6-16(15)18/h1-2,6-7,13,17,19-21,28,37H,3-5,8-12,14,26-27H2,(H,29,33)(H,30,32)(H,35,36). The van der Waals surface area contributed by atoms with E-state index in [1.165, 1.54) is 4.90 Å². The Kier molecular flexibility index (Phi) is 10.4. The van der Waals surface area contributed by atoms with Gasteiger partial charge in [-0.15, -0.1) is 0 Å². The Balaban J connectivity index is 1.66. The maximum atomic E-state index is 13.3. The van der Waals surface area contributed by atoms with Crippen LogP contribution < -0.4 is 22.1 Å². The molecule has 1 aliphatic rings. The molecule has 8 N–H and O–H groups in total. The summed E-state index contributed by atoms with van der Waals surface area (Å²) < 4.78 is 0. The lowest BCUT2D eigenvalue weighted by Crippen LogP contribution is -2.57. The molecule has 3 amide bonds. The van der Waals surface area contributed by atoms with E-state index in [9.17, 15) is 24.3 Å². The molecule has 3 rings (SSSR count). The van der Waals surface area contributed by atoms with E-state index in [-0.39, 0.29) is 18.1 Å². The highest BCUT2D eigenvalue weighted by atomic mass is 32.1. The van der Waals surface area contributed by atoms with Gasteiger partial charge in [0.25, 0.3) is 0 Å². The number of likely N-dealkylation sites (tertiary alicyclic amines) is 1. The third-order valence-corrected chi connectivity index (χ3v) is 7.01. The maximum Gasteiger partial charge on any atom is 0.327 e. The number of carbonyl (C=O) groups excluding carboxylic acids is 3. The number of thiol groups is 1. The van der Waals surface area contributed by atoms with Gasteiger partial charge in [0.1, 0.15) is 18.1 Å². The van der Waals surface area contributed by atoms with Crippen LogP contribution >= 0.6 is 12.6 Å². The lowest BCUT2D eigenvalue weighted by atomic mass is 10.0. The number of fused-ring (bicyclic) bond motifs is 1. The molecular weight excluding hydrogens is 496 g/mol. The zero-order chi connectivity index (χ0) is 26.9. The summed E-state index contributed by atoms with van der Waals surface area (Å²) in [6.45, 7) is 0.819. The molecule has 4 atom stereocenters. The topological polar surface area (TPSA) is 184 Å². The average Bonchev–Trinajstić information content (AvgIpc) is 3.53. The van der Waals surface area contributed by atoms with E-state index in [0.717, 1.165) is 16.5 Å². The van der Waals surface area contributed by atoms with E-state index < -0.39 is 42.0 Å². The quantitative estimate of drug-likeness (QED) is 0.141. The van der Waals surface area contributed by atoms with Gasteiger partial charge >= 0.3 is 5.97 Å². The van der Waals surface area contributed by atoms with Crippen molar-refractivity contribution < 1.29 is 24.3 Å². The van der Waals surface area contributed by atoms with E-state index in [2.05, 4.69) is 28.2 Å². The zero-order valence-corrected chi connectivity index (χ0v) is 21.6. The lowest BCUT2D eigenvalue weighted by molar-refractivity contribution is -0.142. The molecule has 1 saturated heterocycles. The molecule has 1 aromatic heterocycles. The second-order valence-electron chi connectivity index (χ2n) is 9.29. The Morgan fingerprint density at radius 1 is 1.16 bits per heavy atom. The van der Waals surface area contributed by atoms with E-state index in [0.29, 0.717) is 45.2 Å². The number of rotatable bonds is 13. The highest BCUT2D eigenvalue weighted by molar-refractivity contribution is 7.80. The van der Waals surface area contributed by atoms with E-state index in [1.54, 1.807) is 0 Å². The van der Waals surface area contributed by atoms with Crippen LogP contribution in [-0.2, 0) is 25.6 Å². The number of amides is 3. The van der Waals surface area contributed by atoms with Crippen LogP contribution in [0.4, 0.5) is 0 Å². The van der Waals surface area contributed by atoms with Crippen LogP contribution in [0.1, 0.15) is 37.7 Å². The number of benzene rings is 1. The van der Waals surface area contributed by atoms with Crippen molar-refractivity contribution in [2.45, 2.75) is 62.7 Å². The number of H-pyrrole nitrogens is 1. The number of hydrogen-bond acceptors (Lipinski definition) is 7. The highest BCUT2D eigenvalue weighted by Gasteiger charge is 2.38. The Hall–Kier alpha value is -3.09. The van der Waals surface area contributed by atoms with E-state index in [4.69, 9.17) is 11.5 Å². The van der Waals surface area contributed by atoms with Crippen LogP contribution in [0.3, 0.4) is 0 Å². The number of unbranched alkanes of at least 4 members (excludes halogenated alkanes) is 1. The van der Waals surface area contributed by atoms with Crippen molar-refractivity contribution in [2.24, 2.45) is 11.5 Å². The first-order chi connectivity index (χ1) is 17.8. The molecule has 37 heavy (non-hydrogen) atoms. The predicted molar refractivity (Wildman–Crippen MR) is 143 cm³/mol. The second-order valence-corrected chi connectivity index (χ2v) is 9.65. The van der Waals surface area contributed by atoms with Gasteiger partial charge in [-0.25, -0.2) is 4.79 Å². The van der Waals surface area contributed by atoms with Crippen LogP contribution in [0.25, 0.3) is 10.9 Å². The molecule has 0 spiro atoms. The first kappa shape index (κ1) is 28.5. The lowest BCUT2D eigenvalue weighted by Gasteiger charge is -2.28. The number of carboxylic acids is 1. The summed E-state index contributed by atoms with van der Waals surface area (Å²) in [5, 5.41) is 15.4. The number of nitrogens with zero attached hydrogens (tertiary/aromatic N) is 1. The fraction of sp³-hybridized carbons (Fsp3) is 0.520. The van der Waals surface area contributed by atoms with Crippen molar-refractivity contribution in [1.29, 1.82) is 0 Å². The number of aliphatic carboxylic acids is 1. The fourth-order valence-electron chi connectivity index (χ4n) is 4.63. The molecule has 0 aliphatic carbocycles. The molecule has 12 heteroatoms. The highest BCUT2D eigenvalue weighted by Crippen LogP contribution is 2.22. The summed E-state index contributed by atoms with van der Waals surface area (Å²) in [6.07, 6.45) is 4.73. The van der Waals surface area contributed by atoms with Gasteiger partial charge in [0.15, 0.2) is 0 Å². The molecule has 4 unspecified atom stereocenters. The summed E-state index contributed by atoms with van der Waals surface area (Å²) >= 11 is 3.97. The van der Waals surface area contributed by atoms with Crippen molar-refractivity contribution in [3.63, 3.8) is 0 Å². The summed E-state index contributed by atoms with van der Waals surface area (Å²) in [5.74, 6) is -2.71. The van der Waals surface area contributed by atoms with Crippen molar-refractivity contribution in [3.05, 3.63) is 36.0 Å². The van der Waals surface area contributed by atoms with Crippen molar-refractivity contribution in [2.75, 3.05) is 18.8 Å². The minimum absolute atomic E-state index is 0.0935. The van der Waals surface area contributed by atoms with Crippen molar-refractivity contribution in [3.8, 4) is 0 Å². The van der Waals surface area contributed by atoms with Crippen LogP contribution in [0, 0.1) is 0 Å². The number of aromatic nitrogens is 1. The molecule has 1 aromatic carbocycles. The van der Waals surface area contributed by atoms with Crippen LogP contribution in [0.15, 0.2) is 30.5 Å². The molecule has 1 aliphatic heterocycles. The number of nitrogens with one attached hydrogen (secondary N) is 3. The van der Waals surface area contributed by atoms with Gasteiger partial charge in [-0.1, -0.05) is 18.2 Å². The molecule has 0 saturated carbocycles. The molecule has 202 valence electrons. The summed E-state index contributed by atoms with van der Waals surface area (Å²) in [5.41, 5.74) is 13.7. The number of aromatic amines is 1. The summed E-state index contributed by atoms with van der Waals surface area (Å²) in [4.78, 5) is 55.3. The van der Waals surface area contributed by atoms with Crippen LogP contribution in [0.2, 0.25) is 0 Å². The first-order valence-electron chi connectivity index (χ1n) is 12.5. The first-order valence-corrected chi connectivity index (χ1v) is 13.2. The third-order valence-electron chi connectivity index (χ3n) is 6.65. The molecule has 0 radical (unpaired) electrons.